The minimum atomic E-state index is 0.805. The van der Waals surface area contributed by atoms with Gasteiger partial charge in [-0.2, -0.15) is 5.10 Å². The normalized spacial score (nSPS) is 10.3. The Bertz CT molecular complexity index is 447. The predicted octanol–water partition coefficient (Wildman–Crippen LogP) is 2.01. The average molecular weight is 202 g/mol. The van der Waals surface area contributed by atoms with Gasteiger partial charge < -0.3 is 5.32 Å². The molecule has 0 saturated heterocycles. The number of aromatic nitrogens is 3. The summed E-state index contributed by atoms with van der Waals surface area (Å²) in [7, 11) is 0. The van der Waals surface area contributed by atoms with Crippen LogP contribution in [0.15, 0.2) is 30.5 Å². The van der Waals surface area contributed by atoms with Crippen molar-refractivity contribution in [2.24, 2.45) is 0 Å². The van der Waals surface area contributed by atoms with Gasteiger partial charge in [-0.3, -0.25) is 0 Å². The van der Waals surface area contributed by atoms with Gasteiger partial charge in [0.15, 0.2) is 5.82 Å². The molecule has 1 heterocycles. The number of hydrogen-bond donors (Lipinski definition) is 1. The second-order valence-corrected chi connectivity index (χ2v) is 3.39. The summed E-state index contributed by atoms with van der Waals surface area (Å²) in [6.45, 7) is 4.94. The molecule has 0 spiro atoms. The van der Waals surface area contributed by atoms with Gasteiger partial charge in [-0.05, 0) is 31.5 Å². The Morgan fingerprint density at radius 3 is 3.00 bits per heavy atom. The molecule has 0 radical (unpaired) electrons. The summed E-state index contributed by atoms with van der Waals surface area (Å²) in [6.07, 6.45) is 1.73. The van der Waals surface area contributed by atoms with Crippen LogP contribution < -0.4 is 5.32 Å². The summed E-state index contributed by atoms with van der Waals surface area (Å²) >= 11 is 0. The van der Waals surface area contributed by atoms with Crippen LogP contribution >= 0.6 is 0 Å². The number of benzene rings is 1. The third-order valence-electron chi connectivity index (χ3n) is 2.08. The lowest BCUT2D eigenvalue weighted by Gasteiger charge is -2.00. The first-order valence-corrected chi connectivity index (χ1v) is 5.03. The van der Waals surface area contributed by atoms with E-state index in [4.69, 9.17) is 0 Å². The van der Waals surface area contributed by atoms with Crippen molar-refractivity contribution in [3.05, 3.63) is 36.0 Å². The molecule has 1 N–H and O–H groups in total. The minimum Gasteiger partial charge on any atom is -0.368 e. The lowest BCUT2D eigenvalue weighted by molar-refractivity contribution is 0.752. The summed E-state index contributed by atoms with van der Waals surface area (Å²) in [6, 6.07) is 8.09. The molecule has 0 aliphatic carbocycles. The topological polar surface area (TPSA) is 42.7 Å². The van der Waals surface area contributed by atoms with Crippen LogP contribution in [0.2, 0.25) is 0 Å². The number of rotatable bonds is 3. The van der Waals surface area contributed by atoms with E-state index in [1.54, 1.807) is 11.0 Å². The summed E-state index contributed by atoms with van der Waals surface area (Å²) in [5, 5.41) is 11.6. The molecule has 1 aromatic heterocycles. The Morgan fingerprint density at radius 2 is 2.27 bits per heavy atom. The zero-order chi connectivity index (χ0) is 10.7. The van der Waals surface area contributed by atoms with E-state index < -0.39 is 0 Å². The number of nitrogens with zero attached hydrogens (tertiary/aromatic N) is 3. The fraction of sp³-hybridized carbons (Fsp3) is 0.273. The first-order valence-electron chi connectivity index (χ1n) is 5.03. The molecular formula is C11H14N4. The van der Waals surface area contributed by atoms with Crippen molar-refractivity contribution < 1.29 is 0 Å². The van der Waals surface area contributed by atoms with E-state index in [9.17, 15) is 0 Å². The lowest BCUT2D eigenvalue weighted by atomic mass is 10.2. The maximum absolute atomic E-state index is 4.31. The molecule has 0 unspecified atom stereocenters. The maximum Gasteiger partial charge on any atom is 0.169 e. The average Bonchev–Trinajstić information content (AvgIpc) is 2.67. The van der Waals surface area contributed by atoms with Gasteiger partial charge in [0.2, 0.25) is 0 Å². The zero-order valence-corrected chi connectivity index (χ0v) is 8.94. The molecule has 0 fully saturated rings. The van der Waals surface area contributed by atoms with Crippen molar-refractivity contribution in [2.45, 2.75) is 13.8 Å². The molecule has 0 aliphatic rings. The second-order valence-electron chi connectivity index (χ2n) is 3.39. The lowest BCUT2D eigenvalue weighted by Crippen LogP contribution is -2.01. The molecule has 0 amide bonds. The molecule has 78 valence electrons. The first kappa shape index (κ1) is 9.71. The molecule has 1 aromatic carbocycles. The SMILES string of the molecule is CCNc1cnn(-c2cccc(C)c2)n1. The van der Waals surface area contributed by atoms with E-state index in [1.165, 1.54) is 5.56 Å². The van der Waals surface area contributed by atoms with E-state index >= 15 is 0 Å². The summed E-state index contributed by atoms with van der Waals surface area (Å²) in [4.78, 5) is 1.63. The van der Waals surface area contributed by atoms with E-state index in [-0.39, 0.29) is 0 Å². The van der Waals surface area contributed by atoms with Gasteiger partial charge in [0.1, 0.15) is 0 Å². The van der Waals surface area contributed by atoms with Crippen molar-refractivity contribution in [1.82, 2.24) is 15.0 Å². The Balaban J connectivity index is 2.29. The smallest absolute Gasteiger partial charge is 0.169 e. The maximum atomic E-state index is 4.31. The highest BCUT2D eigenvalue weighted by molar-refractivity contribution is 5.36. The minimum absolute atomic E-state index is 0.805. The Labute approximate surface area is 88.9 Å². The monoisotopic (exact) mass is 202 g/mol. The fourth-order valence-corrected chi connectivity index (χ4v) is 1.40. The van der Waals surface area contributed by atoms with Crippen LogP contribution in [0.4, 0.5) is 5.82 Å². The van der Waals surface area contributed by atoms with Crippen LogP contribution in [0.3, 0.4) is 0 Å². The molecule has 2 rings (SSSR count). The molecule has 0 atom stereocenters. The van der Waals surface area contributed by atoms with Crippen LogP contribution in [0.25, 0.3) is 5.69 Å². The van der Waals surface area contributed by atoms with Crippen LogP contribution in [-0.4, -0.2) is 21.5 Å². The van der Waals surface area contributed by atoms with Gasteiger partial charge in [0, 0.05) is 6.54 Å². The molecule has 2 aromatic rings. The number of anilines is 1. The molecule has 0 bridgehead atoms. The first-order chi connectivity index (χ1) is 7.29. The van der Waals surface area contributed by atoms with Crippen molar-refractivity contribution in [3.8, 4) is 5.69 Å². The van der Waals surface area contributed by atoms with Crippen molar-refractivity contribution >= 4 is 5.82 Å². The Morgan fingerprint density at radius 1 is 1.40 bits per heavy atom. The standard InChI is InChI=1S/C11H14N4/c1-3-12-11-8-13-15(14-11)10-6-4-5-9(2)7-10/h4-8H,3H2,1-2H3,(H,12,14). The second kappa shape index (κ2) is 4.13. The predicted molar refractivity (Wildman–Crippen MR) is 60.3 cm³/mol. The van der Waals surface area contributed by atoms with Gasteiger partial charge in [-0.15, -0.1) is 9.90 Å². The van der Waals surface area contributed by atoms with Gasteiger partial charge in [-0.25, -0.2) is 0 Å². The number of hydrogen-bond acceptors (Lipinski definition) is 3. The summed E-state index contributed by atoms with van der Waals surface area (Å²) < 4.78 is 0. The molecule has 15 heavy (non-hydrogen) atoms. The third-order valence-corrected chi connectivity index (χ3v) is 2.08. The molecular weight excluding hydrogens is 188 g/mol. The Hall–Kier alpha value is -1.84. The van der Waals surface area contributed by atoms with Crippen molar-refractivity contribution in [2.75, 3.05) is 11.9 Å². The Kier molecular flexibility index (Phi) is 2.67. The summed E-state index contributed by atoms with van der Waals surface area (Å²) in [5.74, 6) is 0.805. The van der Waals surface area contributed by atoms with Crippen LogP contribution in [0.5, 0.6) is 0 Å². The van der Waals surface area contributed by atoms with E-state index in [1.807, 2.05) is 19.1 Å². The highest BCUT2D eigenvalue weighted by Gasteiger charge is 2.01. The molecule has 4 heteroatoms. The summed E-state index contributed by atoms with van der Waals surface area (Å²) in [5.41, 5.74) is 2.19. The highest BCUT2D eigenvalue weighted by atomic mass is 15.5. The van der Waals surface area contributed by atoms with Gasteiger partial charge >= 0.3 is 0 Å². The van der Waals surface area contributed by atoms with E-state index in [0.717, 1.165) is 18.1 Å². The number of nitrogens with one attached hydrogen (secondary N) is 1. The number of aryl methyl sites for hydroxylation is 1. The fourth-order valence-electron chi connectivity index (χ4n) is 1.40. The molecule has 0 aliphatic heterocycles. The largest absolute Gasteiger partial charge is 0.368 e. The van der Waals surface area contributed by atoms with Gasteiger partial charge in [0.05, 0.1) is 11.9 Å². The third kappa shape index (κ3) is 2.15. The van der Waals surface area contributed by atoms with Crippen LogP contribution in [0.1, 0.15) is 12.5 Å². The van der Waals surface area contributed by atoms with Crippen molar-refractivity contribution in [3.63, 3.8) is 0 Å². The highest BCUT2D eigenvalue weighted by Crippen LogP contribution is 2.09. The van der Waals surface area contributed by atoms with Gasteiger partial charge in [-0.1, -0.05) is 12.1 Å². The molecule has 0 saturated carbocycles. The quantitative estimate of drug-likeness (QED) is 0.827. The van der Waals surface area contributed by atoms with E-state index in [0.29, 0.717) is 0 Å². The van der Waals surface area contributed by atoms with Crippen LogP contribution in [0, 0.1) is 6.92 Å². The zero-order valence-electron chi connectivity index (χ0n) is 8.94. The van der Waals surface area contributed by atoms with Gasteiger partial charge in [0.25, 0.3) is 0 Å². The van der Waals surface area contributed by atoms with E-state index in [2.05, 4.69) is 34.6 Å². The van der Waals surface area contributed by atoms with Crippen LogP contribution in [-0.2, 0) is 0 Å². The molecule has 4 nitrogen and oxygen atoms in total. The van der Waals surface area contributed by atoms with Crippen molar-refractivity contribution in [1.29, 1.82) is 0 Å².